The Morgan fingerprint density at radius 1 is 0.618 bits per heavy atom. The summed E-state index contributed by atoms with van der Waals surface area (Å²) in [5, 5.41) is 53.5. The normalized spacial score (nSPS) is 22.6. The average Bonchev–Trinajstić information content (AvgIpc) is 2.97. The van der Waals surface area contributed by atoms with Crippen LogP contribution >= 0.6 is 0 Å². The molecule has 2 aromatic rings. The number of hydrogen-bond donors (Lipinski definition) is 0. The van der Waals surface area contributed by atoms with E-state index in [0.717, 1.165) is 0 Å². The highest BCUT2D eigenvalue weighted by Gasteiger charge is 2.61. The number of rotatable bonds is 3. The quantitative estimate of drug-likeness (QED) is 0.506. The Bertz CT molecular complexity index is 1140. The number of hydrogen-bond acceptors (Lipinski definition) is 6. The van der Waals surface area contributed by atoms with Gasteiger partial charge in [0.05, 0.1) is 11.4 Å². The van der Waals surface area contributed by atoms with Crippen LogP contribution in [0, 0.1) is 10.4 Å². The highest BCUT2D eigenvalue weighted by molar-refractivity contribution is 5.95. The van der Waals surface area contributed by atoms with Crippen LogP contribution in [0.25, 0.3) is 11.4 Å². The van der Waals surface area contributed by atoms with Crippen LogP contribution in [0.3, 0.4) is 0 Å². The highest BCUT2D eigenvalue weighted by atomic mass is 16.5. The van der Waals surface area contributed by atoms with Gasteiger partial charge in [0, 0.05) is 10.4 Å². The fourth-order valence-electron chi connectivity index (χ4n) is 4.04. The van der Waals surface area contributed by atoms with Crippen molar-refractivity contribution in [1.29, 1.82) is 0 Å². The van der Waals surface area contributed by atoms with Crippen LogP contribution in [0.15, 0.2) is 36.4 Å². The summed E-state index contributed by atoms with van der Waals surface area (Å²) in [6.07, 6.45) is 0. The van der Waals surface area contributed by atoms with Gasteiger partial charge >= 0.3 is 11.7 Å². The van der Waals surface area contributed by atoms with Crippen molar-refractivity contribution in [3.63, 3.8) is 0 Å². The standard InChI is InChI=1S/C24H30N6O4/c1-21(2)22(3,4)28(32)19(27(21)31)17-13-9-11-15(25-17)16-12-10-14-18(26-16)20-29(33)23(5,6)24(7,8)30(20)34/h9-14H,1-8H3. The zero-order valence-electron chi connectivity index (χ0n) is 20.8. The first-order valence-corrected chi connectivity index (χ1v) is 11.2. The molecule has 2 aromatic heterocycles. The van der Waals surface area contributed by atoms with Crippen molar-refractivity contribution >= 4 is 11.7 Å². The molecule has 34 heavy (non-hydrogen) atoms. The van der Waals surface area contributed by atoms with E-state index in [1.807, 2.05) is 0 Å². The van der Waals surface area contributed by atoms with Gasteiger partial charge in [-0.3, -0.25) is 9.48 Å². The molecule has 0 amide bonds. The van der Waals surface area contributed by atoms with Crippen LogP contribution in [-0.2, 0) is 10.4 Å². The third-order valence-corrected chi connectivity index (χ3v) is 8.01. The first-order valence-electron chi connectivity index (χ1n) is 11.2. The number of nitrogens with zero attached hydrogens (tertiary/aromatic N) is 6. The van der Waals surface area contributed by atoms with E-state index in [0.29, 0.717) is 31.0 Å². The fourth-order valence-corrected chi connectivity index (χ4v) is 4.04. The summed E-state index contributed by atoms with van der Waals surface area (Å²) in [4.78, 5) is 9.09. The minimum Gasteiger partial charge on any atom is -0.714 e. The highest BCUT2D eigenvalue weighted by Crippen LogP contribution is 2.38. The van der Waals surface area contributed by atoms with Crippen LogP contribution in [0.4, 0.5) is 0 Å². The Hall–Kier alpha value is -3.24. The topological polar surface area (TPSA) is 124 Å². The molecule has 180 valence electrons. The summed E-state index contributed by atoms with van der Waals surface area (Å²) >= 11 is 0. The van der Waals surface area contributed by atoms with Gasteiger partial charge < -0.3 is 10.4 Å². The molecule has 10 nitrogen and oxygen atoms in total. The Morgan fingerprint density at radius 2 is 0.912 bits per heavy atom. The summed E-state index contributed by atoms with van der Waals surface area (Å²) in [6.45, 7) is 13.8. The van der Waals surface area contributed by atoms with Crippen LogP contribution < -0.4 is 0 Å². The molecule has 2 radical (unpaired) electrons. The molecule has 2 aliphatic rings. The molecule has 2 aliphatic heterocycles. The monoisotopic (exact) mass is 466 g/mol. The summed E-state index contributed by atoms with van der Waals surface area (Å²) in [5.41, 5.74) is -2.60. The van der Waals surface area contributed by atoms with Gasteiger partial charge in [0.2, 0.25) is 0 Å². The predicted octanol–water partition coefficient (Wildman–Crippen LogP) is 3.09. The molecule has 0 saturated heterocycles. The lowest BCUT2D eigenvalue weighted by Crippen LogP contribution is -2.53. The minimum absolute atomic E-state index is 0.0712. The largest absolute Gasteiger partial charge is 0.714 e. The molecule has 0 saturated carbocycles. The van der Waals surface area contributed by atoms with Crippen molar-refractivity contribution < 1.29 is 19.9 Å². The second kappa shape index (κ2) is 7.13. The fraction of sp³-hybridized carbons (Fsp3) is 0.500. The molecular formula is C24H30N6O4. The maximum Gasteiger partial charge on any atom is 0.335 e. The Morgan fingerprint density at radius 3 is 1.18 bits per heavy atom. The molecule has 0 aliphatic carbocycles. The van der Waals surface area contributed by atoms with Crippen molar-refractivity contribution in [3.05, 3.63) is 58.2 Å². The summed E-state index contributed by atoms with van der Waals surface area (Å²) in [5.74, 6) is -0.142. The molecule has 0 fully saturated rings. The van der Waals surface area contributed by atoms with Gasteiger partial charge in [-0.05, 0) is 79.7 Å². The van der Waals surface area contributed by atoms with Gasteiger partial charge in [-0.15, -0.1) is 0 Å². The lowest BCUT2D eigenvalue weighted by molar-refractivity contribution is -0.540. The van der Waals surface area contributed by atoms with Gasteiger partial charge in [-0.25, -0.2) is 9.97 Å². The molecule has 10 heteroatoms. The van der Waals surface area contributed by atoms with Crippen molar-refractivity contribution in [2.75, 3.05) is 0 Å². The SMILES string of the molecule is CC1(C)N([O])C(c2cccc(-c3cccc(C4=[N+]([O-])C(C)(C)C(C)(C)N4[O])n3)n2)=[N+]([O-])C1(C)C. The van der Waals surface area contributed by atoms with Crippen LogP contribution in [-0.4, -0.2) is 63.4 Å². The Kier molecular flexibility index (Phi) is 5.01. The number of aromatic nitrogens is 2. The van der Waals surface area contributed by atoms with Gasteiger partial charge in [0.1, 0.15) is 11.1 Å². The first kappa shape index (κ1) is 23.9. The zero-order chi connectivity index (χ0) is 25.4. The second-order valence-electron chi connectivity index (χ2n) is 10.9. The van der Waals surface area contributed by atoms with Crippen molar-refractivity contribution in [1.82, 2.24) is 20.1 Å². The van der Waals surface area contributed by atoms with E-state index in [1.54, 1.807) is 91.8 Å². The van der Waals surface area contributed by atoms with Gasteiger partial charge in [-0.1, -0.05) is 22.3 Å². The van der Waals surface area contributed by atoms with Crippen molar-refractivity contribution in [3.8, 4) is 11.4 Å². The van der Waals surface area contributed by atoms with Crippen molar-refractivity contribution in [2.24, 2.45) is 0 Å². The van der Waals surface area contributed by atoms with E-state index in [9.17, 15) is 20.8 Å². The van der Waals surface area contributed by atoms with Crippen LogP contribution in [0.5, 0.6) is 0 Å². The second-order valence-corrected chi connectivity index (χ2v) is 10.9. The lowest BCUT2D eigenvalue weighted by atomic mass is 9.84. The molecule has 0 spiro atoms. The van der Waals surface area contributed by atoms with Gasteiger partial charge in [-0.2, -0.15) is 0 Å². The maximum atomic E-state index is 13.0. The predicted molar refractivity (Wildman–Crippen MR) is 124 cm³/mol. The zero-order valence-corrected chi connectivity index (χ0v) is 20.8. The number of amidine groups is 2. The van der Waals surface area contributed by atoms with E-state index in [-0.39, 0.29) is 23.1 Å². The summed E-state index contributed by atoms with van der Waals surface area (Å²) in [7, 11) is 0. The Labute approximate surface area is 199 Å². The van der Waals surface area contributed by atoms with E-state index >= 15 is 0 Å². The molecule has 0 bridgehead atoms. The molecule has 0 unspecified atom stereocenters. The molecule has 4 rings (SSSR count). The van der Waals surface area contributed by atoms with Gasteiger partial charge in [0.15, 0.2) is 22.5 Å². The van der Waals surface area contributed by atoms with Crippen LogP contribution in [0.1, 0.15) is 66.8 Å². The summed E-state index contributed by atoms with van der Waals surface area (Å²) < 4.78 is 1.41. The number of pyridine rings is 2. The van der Waals surface area contributed by atoms with E-state index in [4.69, 9.17) is 0 Å². The molecule has 0 atom stereocenters. The molecular weight excluding hydrogens is 436 g/mol. The third-order valence-electron chi connectivity index (χ3n) is 8.01. The van der Waals surface area contributed by atoms with Gasteiger partial charge in [0.25, 0.3) is 0 Å². The molecule has 4 heterocycles. The first-order chi connectivity index (χ1) is 15.6. The summed E-state index contributed by atoms with van der Waals surface area (Å²) in [6, 6.07) is 9.98. The van der Waals surface area contributed by atoms with E-state index in [1.165, 1.54) is 0 Å². The molecule has 0 aromatic carbocycles. The minimum atomic E-state index is -0.964. The lowest BCUT2D eigenvalue weighted by Gasteiger charge is -2.32. The van der Waals surface area contributed by atoms with Crippen LogP contribution in [0.2, 0.25) is 0 Å². The van der Waals surface area contributed by atoms with Crippen molar-refractivity contribution in [2.45, 2.75) is 77.5 Å². The van der Waals surface area contributed by atoms with E-state index in [2.05, 4.69) is 9.97 Å². The van der Waals surface area contributed by atoms with E-state index < -0.39 is 22.2 Å². The number of hydroxylamine groups is 6. The molecule has 0 N–H and O–H groups in total. The smallest absolute Gasteiger partial charge is 0.335 e. The third kappa shape index (κ3) is 2.94. The maximum absolute atomic E-state index is 13.0. The Balaban J connectivity index is 1.79. The average molecular weight is 467 g/mol.